The fraction of sp³-hybridized carbons (Fsp3) is 1.00. The summed E-state index contributed by atoms with van der Waals surface area (Å²) in [6.07, 6.45) is 9.91. The molecule has 124 valence electrons. The molecule has 20 heavy (non-hydrogen) atoms. The van der Waals surface area contributed by atoms with E-state index in [0.717, 1.165) is 11.8 Å². The first-order valence-corrected chi connectivity index (χ1v) is 8.68. The van der Waals surface area contributed by atoms with Crippen LogP contribution in [0.3, 0.4) is 0 Å². The molecule has 0 spiro atoms. The Morgan fingerprint density at radius 3 is 1.80 bits per heavy atom. The van der Waals surface area contributed by atoms with Crippen LogP contribution in [0.2, 0.25) is 0 Å². The number of hydrogen-bond donors (Lipinski definition) is 0. The van der Waals surface area contributed by atoms with Gasteiger partial charge in [0.05, 0.1) is 0 Å². The van der Waals surface area contributed by atoms with Crippen LogP contribution in [0.25, 0.3) is 0 Å². The predicted octanol–water partition coefficient (Wildman–Crippen LogP) is 7.72. The van der Waals surface area contributed by atoms with Gasteiger partial charge in [0.25, 0.3) is 0 Å². The lowest BCUT2D eigenvalue weighted by molar-refractivity contribution is 0.178. The third-order valence-corrected chi connectivity index (χ3v) is 5.55. The second-order valence-electron chi connectivity index (χ2n) is 8.25. The van der Waals surface area contributed by atoms with Crippen molar-refractivity contribution in [1.29, 1.82) is 0 Å². The molecule has 0 heterocycles. The Bertz CT molecular complexity index is 219. The highest BCUT2D eigenvalue weighted by atomic mass is 14.4. The van der Waals surface area contributed by atoms with Gasteiger partial charge in [-0.15, -0.1) is 0 Å². The lowest BCUT2D eigenvalue weighted by atomic mass is 9.73. The van der Waals surface area contributed by atoms with Gasteiger partial charge in [-0.2, -0.15) is 0 Å². The van der Waals surface area contributed by atoms with Crippen molar-refractivity contribution in [1.82, 2.24) is 0 Å². The van der Waals surface area contributed by atoms with Crippen LogP contribution in [-0.2, 0) is 0 Å². The van der Waals surface area contributed by atoms with Crippen LogP contribution in [-0.4, -0.2) is 0 Å². The van der Waals surface area contributed by atoms with Gasteiger partial charge >= 0.3 is 0 Å². The van der Waals surface area contributed by atoms with E-state index < -0.39 is 0 Å². The van der Waals surface area contributed by atoms with Crippen LogP contribution in [0.5, 0.6) is 0 Å². The van der Waals surface area contributed by atoms with Gasteiger partial charge < -0.3 is 0 Å². The molecule has 1 rings (SSSR count). The summed E-state index contributed by atoms with van der Waals surface area (Å²) in [6, 6.07) is 0. The third kappa shape index (κ3) is 8.32. The van der Waals surface area contributed by atoms with Crippen molar-refractivity contribution < 1.29 is 0 Å². The maximum atomic E-state index is 2.52. The smallest absolute Gasteiger partial charge is 0.0298 e. The molecule has 1 saturated carbocycles. The average molecular weight is 285 g/mol. The van der Waals surface area contributed by atoms with Crippen molar-refractivity contribution in [3.63, 3.8) is 0 Å². The lowest BCUT2D eigenvalue weighted by Gasteiger charge is -2.33. The molecule has 0 nitrogen and oxygen atoms in total. The van der Waals surface area contributed by atoms with E-state index in [-0.39, 0.29) is 7.43 Å². The molecule has 1 aliphatic rings. The molecule has 0 N–H and O–H groups in total. The first-order chi connectivity index (χ1) is 8.68. The first kappa shape index (κ1) is 22.3. The minimum Gasteiger partial charge on any atom is -0.0776 e. The molecule has 0 saturated heterocycles. The van der Waals surface area contributed by atoms with Crippen LogP contribution in [0, 0.1) is 22.7 Å². The molecular formula is C20H44. The van der Waals surface area contributed by atoms with Crippen molar-refractivity contribution in [2.75, 3.05) is 0 Å². The maximum absolute atomic E-state index is 2.52. The summed E-state index contributed by atoms with van der Waals surface area (Å²) in [7, 11) is 0. The monoisotopic (exact) mass is 284 g/mol. The fourth-order valence-electron chi connectivity index (χ4n) is 2.95. The highest BCUT2D eigenvalue weighted by molar-refractivity contribution is 4.87. The number of rotatable bonds is 4. The van der Waals surface area contributed by atoms with Crippen LogP contribution < -0.4 is 0 Å². The average Bonchev–Trinajstić information content (AvgIpc) is 2.67. The van der Waals surface area contributed by atoms with Gasteiger partial charge in [0.1, 0.15) is 0 Å². The van der Waals surface area contributed by atoms with E-state index in [4.69, 9.17) is 0 Å². The minimum atomic E-state index is 0. The summed E-state index contributed by atoms with van der Waals surface area (Å²) in [5.41, 5.74) is 1.22. The van der Waals surface area contributed by atoms with Crippen molar-refractivity contribution in [2.24, 2.45) is 22.7 Å². The van der Waals surface area contributed by atoms with Gasteiger partial charge in [-0.05, 0) is 35.5 Å². The largest absolute Gasteiger partial charge is 0.0776 e. The highest BCUT2D eigenvalue weighted by Crippen LogP contribution is 2.47. The van der Waals surface area contributed by atoms with Gasteiger partial charge in [0.2, 0.25) is 0 Å². The van der Waals surface area contributed by atoms with Crippen molar-refractivity contribution >= 4 is 0 Å². The topological polar surface area (TPSA) is 0 Å². The van der Waals surface area contributed by atoms with Gasteiger partial charge in [-0.3, -0.25) is 0 Å². The summed E-state index contributed by atoms with van der Waals surface area (Å²) in [5, 5.41) is 0. The van der Waals surface area contributed by atoms with Gasteiger partial charge in [0, 0.05) is 0 Å². The summed E-state index contributed by atoms with van der Waals surface area (Å²) in [5.74, 6) is 1.94. The zero-order chi connectivity index (χ0) is 15.1. The standard InChI is InChI=1S/C13H26.C6H14.CH4/c1-5-12(6-2)10-13(4)9-7-8-11(13)3;1-5-6(2,3)4;/h11-12H,5-10H2,1-4H3;5H2,1-4H3;1H4. The summed E-state index contributed by atoms with van der Waals surface area (Å²) >= 11 is 0. The van der Waals surface area contributed by atoms with Crippen LogP contribution in [0.1, 0.15) is 108 Å². The normalized spacial score (nSPS) is 25.9. The first-order valence-electron chi connectivity index (χ1n) is 8.68. The Kier molecular flexibility index (Phi) is 11.0. The van der Waals surface area contributed by atoms with Crippen LogP contribution in [0.15, 0.2) is 0 Å². The maximum Gasteiger partial charge on any atom is -0.0298 e. The predicted molar refractivity (Wildman–Crippen MR) is 96.3 cm³/mol. The zero-order valence-electron chi connectivity index (χ0n) is 15.1. The molecule has 1 fully saturated rings. The van der Waals surface area contributed by atoms with Gasteiger partial charge in [0.15, 0.2) is 0 Å². The molecule has 0 aromatic heterocycles. The molecule has 0 aromatic carbocycles. The Balaban J connectivity index is 0. The van der Waals surface area contributed by atoms with E-state index >= 15 is 0 Å². The van der Waals surface area contributed by atoms with Gasteiger partial charge in [-0.1, -0.05) is 94.9 Å². The second kappa shape index (κ2) is 9.85. The van der Waals surface area contributed by atoms with E-state index in [2.05, 4.69) is 55.4 Å². The van der Waals surface area contributed by atoms with Crippen molar-refractivity contribution in [3.05, 3.63) is 0 Å². The molecule has 0 aromatic rings. The molecule has 0 radical (unpaired) electrons. The quantitative estimate of drug-likeness (QED) is 0.495. The Morgan fingerprint density at radius 2 is 1.55 bits per heavy atom. The van der Waals surface area contributed by atoms with Crippen molar-refractivity contribution in [3.8, 4) is 0 Å². The molecule has 2 atom stereocenters. The number of hydrogen-bond acceptors (Lipinski definition) is 0. The lowest BCUT2D eigenvalue weighted by Crippen LogP contribution is -2.23. The zero-order valence-corrected chi connectivity index (χ0v) is 15.1. The fourth-order valence-corrected chi connectivity index (χ4v) is 2.95. The van der Waals surface area contributed by atoms with E-state index in [9.17, 15) is 0 Å². The molecule has 1 aliphatic carbocycles. The van der Waals surface area contributed by atoms with Gasteiger partial charge in [-0.25, -0.2) is 0 Å². The van der Waals surface area contributed by atoms with E-state index in [1.54, 1.807) is 0 Å². The SMILES string of the molecule is C.CCC(C)(C)C.CCC(CC)CC1(C)CCCC1C. The highest BCUT2D eigenvalue weighted by Gasteiger charge is 2.36. The van der Waals surface area contributed by atoms with Crippen LogP contribution >= 0.6 is 0 Å². The molecule has 2 unspecified atom stereocenters. The molecule has 0 aliphatic heterocycles. The summed E-state index contributed by atoms with van der Waals surface area (Å²) in [6.45, 7) is 18.6. The molecule has 0 heteroatoms. The van der Waals surface area contributed by atoms with Crippen LogP contribution in [0.4, 0.5) is 0 Å². The Morgan fingerprint density at radius 1 is 1.10 bits per heavy atom. The summed E-state index contributed by atoms with van der Waals surface area (Å²) in [4.78, 5) is 0. The Hall–Kier alpha value is 0. The van der Waals surface area contributed by atoms with E-state index in [0.29, 0.717) is 10.8 Å². The third-order valence-electron chi connectivity index (χ3n) is 5.55. The molecule has 0 bridgehead atoms. The summed E-state index contributed by atoms with van der Waals surface area (Å²) < 4.78 is 0. The Labute approximate surface area is 131 Å². The minimum absolute atomic E-state index is 0. The molecular weight excluding hydrogens is 240 g/mol. The molecule has 0 amide bonds. The second-order valence-corrected chi connectivity index (χ2v) is 8.25. The van der Waals surface area contributed by atoms with E-state index in [1.807, 2.05) is 0 Å². The van der Waals surface area contributed by atoms with E-state index in [1.165, 1.54) is 44.9 Å². The van der Waals surface area contributed by atoms with Crippen molar-refractivity contribution in [2.45, 2.75) is 108 Å².